The number of hydrogen-bond acceptors (Lipinski definition) is 2. The summed E-state index contributed by atoms with van der Waals surface area (Å²) in [5.41, 5.74) is 2.26. The summed E-state index contributed by atoms with van der Waals surface area (Å²) in [7, 11) is 7.49. The van der Waals surface area contributed by atoms with Crippen molar-refractivity contribution in [3.63, 3.8) is 0 Å². The fourth-order valence-corrected chi connectivity index (χ4v) is 2.89. The lowest BCUT2D eigenvalue weighted by Gasteiger charge is -2.24. The molecule has 0 bridgehead atoms. The average molecular weight is 477 g/mol. The molecule has 0 saturated carbocycles. The molecule has 0 radical (unpaired) electrons. The second-order valence-corrected chi connectivity index (χ2v) is 6.12. The number of aryl methyl sites for hydroxylation is 1. The summed E-state index contributed by atoms with van der Waals surface area (Å²) < 4.78 is 7.62. The molecule has 1 N–H and O–H groups in total. The van der Waals surface area contributed by atoms with Crippen molar-refractivity contribution < 1.29 is 4.74 Å². The minimum Gasteiger partial charge on any atom is -0.375 e. The van der Waals surface area contributed by atoms with Crippen LogP contribution in [0.15, 0.2) is 47.6 Å². The van der Waals surface area contributed by atoms with Crippen molar-refractivity contribution in [2.24, 2.45) is 12.0 Å². The van der Waals surface area contributed by atoms with Crippen LogP contribution >= 0.6 is 35.6 Å². The van der Waals surface area contributed by atoms with Crippen molar-refractivity contribution in [1.29, 1.82) is 0 Å². The summed E-state index contributed by atoms with van der Waals surface area (Å²) in [5.74, 6) is 0.810. The van der Waals surface area contributed by atoms with Gasteiger partial charge in [0, 0.05) is 46.7 Å². The Labute approximate surface area is 172 Å². The Morgan fingerprint density at radius 2 is 2.04 bits per heavy atom. The Morgan fingerprint density at radius 1 is 1.36 bits per heavy atom. The van der Waals surface area contributed by atoms with Gasteiger partial charge in [0.05, 0.1) is 17.7 Å². The van der Waals surface area contributed by atoms with Gasteiger partial charge in [-0.15, -0.1) is 24.0 Å². The van der Waals surface area contributed by atoms with Gasteiger partial charge in [-0.2, -0.15) is 0 Å². The molecule has 0 aliphatic rings. The average Bonchev–Trinajstić information content (AvgIpc) is 2.89. The lowest BCUT2D eigenvalue weighted by Crippen LogP contribution is -2.40. The van der Waals surface area contributed by atoms with E-state index < -0.39 is 0 Å². The van der Waals surface area contributed by atoms with Crippen molar-refractivity contribution in [1.82, 2.24) is 14.8 Å². The van der Waals surface area contributed by atoms with Gasteiger partial charge in [-0.05, 0) is 11.6 Å². The number of rotatable bonds is 6. The second kappa shape index (κ2) is 10.7. The lowest BCUT2D eigenvalue weighted by atomic mass is 10.1. The van der Waals surface area contributed by atoms with Gasteiger partial charge in [-0.25, -0.2) is 0 Å². The minimum absolute atomic E-state index is 0. The zero-order chi connectivity index (χ0) is 17.5. The third-order valence-corrected chi connectivity index (χ3v) is 4.16. The zero-order valence-electron chi connectivity index (χ0n) is 15.1. The lowest BCUT2D eigenvalue weighted by molar-refractivity contribution is 0.106. The maximum absolute atomic E-state index is 6.05. The molecule has 0 saturated heterocycles. The number of nitrogens with zero attached hydrogens (tertiary/aromatic N) is 3. The van der Waals surface area contributed by atoms with Crippen LogP contribution in [0.1, 0.15) is 17.4 Å². The topological polar surface area (TPSA) is 41.8 Å². The fraction of sp³-hybridized carbons (Fsp3) is 0.389. The summed E-state index contributed by atoms with van der Waals surface area (Å²) in [6.07, 6.45) is 1.87. The number of benzene rings is 1. The highest BCUT2D eigenvalue weighted by molar-refractivity contribution is 14.0. The van der Waals surface area contributed by atoms with Gasteiger partial charge in [0.1, 0.15) is 0 Å². The first-order valence-electron chi connectivity index (χ1n) is 7.85. The SMILES string of the molecule is CN=C(NCC(OC)c1ccccc1)N(C)Cc1cc(Cl)cn1C.I. The van der Waals surface area contributed by atoms with Gasteiger partial charge in [0.25, 0.3) is 0 Å². The van der Waals surface area contributed by atoms with Crippen LogP contribution < -0.4 is 5.32 Å². The smallest absolute Gasteiger partial charge is 0.193 e. The molecule has 2 rings (SSSR count). The Bertz CT molecular complexity index is 675. The van der Waals surface area contributed by atoms with Crippen molar-refractivity contribution in [3.05, 3.63) is 58.9 Å². The van der Waals surface area contributed by atoms with Crippen LogP contribution in [0.25, 0.3) is 0 Å². The second-order valence-electron chi connectivity index (χ2n) is 5.68. The van der Waals surface area contributed by atoms with Gasteiger partial charge >= 0.3 is 0 Å². The van der Waals surface area contributed by atoms with Gasteiger partial charge in [0.15, 0.2) is 5.96 Å². The van der Waals surface area contributed by atoms with E-state index >= 15 is 0 Å². The molecule has 1 atom stereocenters. The summed E-state index contributed by atoms with van der Waals surface area (Å²) in [5, 5.41) is 4.12. The molecule has 1 unspecified atom stereocenters. The van der Waals surface area contributed by atoms with E-state index in [1.54, 1.807) is 14.2 Å². The summed E-state index contributed by atoms with van der Waals surface area (Å²) in [4.78, 5) is 6.41. The Morgan fingerprint density at radius 3 is 2.56 bits per heavy atom. The van der Waals surface area contributed by atoms with Crippen LogP contribution in [-0.4, -0.2) is 43.2 Å². The Kier molecular flexibility index (Phi) is 9.31. The van der Waals surface area contributed by atoms with Crippen LogP contribution in [0, 0.1) is 0 Å². The molecule has 0 amide bonds. The van der Waals surface area contributed by atoms with E-state index in [0.717, 1.165) is 22.2 Å². The molecule has 0 aliphatic heterocycles. The van der Waals surface area contributed by atoms with Crippen molar-refractivity contribution in [3.8, 4) is 0 Å². The number of nitrogens with one attached hydrogen (secondary N) is 1. The van der Waals surface area contributed by atoms with Gasteiger partial charge < -0.3 is 19.5 Å². The number of halogens is 2. The molecule has 7 heteroatoms. The minimum atomic E-state index is -0.0270. The fourth-order valence-electron chi connectivity index (χ4n) is 2.61. The van der Waals surface area contributed by atoms with Crippen molar-refractivity contribution >= 4 is 41.5 Å². The predicted octanol–water partition coefficient (Wildman–Crippen LogP) is 3.69. The molecule has 1 heterocycles. The standard InChI is InChI=1S/C18H25ClN4O.HI/c1-20-18(23(3)13-16-10-15(19)12-22(16)2)21-11-17(24-4)14-8-6-5-7-9-14;/h5-10,12,17H,11,13H2,1-4H3,(H,20,21);1H. The van der Waals surface area contributed by atoms with Crippen LogP contribution in [0.3, 0.4) is 0 Å². The highest BCUT2D eigenvalue weighted by Crippen LogP contribution is 2.16. The quantitative estimate of drug-likeness (QED) is 0.393. The van der Waals surface area contributed by atoms with Crippen LogP contribution in [0.5, 0.6) is 0 Å². The number of aromatic nitrogens is 1. The molecule has 5 nitrogen and oxygen atoms in total. The number of aliphatic imine (C=N–C) groups is 1. The van der Waals surface area contributed by atoms with E-state index in [1.165, 1.54) is 0 Å². The van der Waals surface area contributed by atoms with Crippen molar-refractivity contribution in [2.45, 2.75) is 12.6 Å². The number of hydrogen-bond donors (Lipinski definition) is 1. The monoisotopic (exact) mass is 476 g/mol. The molecular weight excluding hydrogens is 451 g/mol. The molecule has 1 aromatic carbocycles. The van der Waals surface area contributed by atoms with E-state index in [2.05, 4.69) is 27.3 Å². The Balaban J connectivity index is 0.00000312. The molecule has 2 aromatic rings. The maximum Gasteiger partial charge on any atom is 0.193 e. The summed E-state index contributed by atoms with van der Waals surface area (Å²) in [6.45, 7) is 1.36. The first-order chi connectivity index (χ1) is 11.5. The van der Waals surface area contributed by atoms with E-state index in [4.69, 9.17) is 16.3 Å². The van der Waals surface area contributed by atoms with Gasteiger partial charge in [-0.1, -0.05) is 41.9 Å². The van der Waals surface area contributed by atoms with Crippen LogP contribution in [0.4, 0.5) is 0 Å². The molecule has 1 aromatic heterocycles. The van der Waals surface area contributed by atoms with E-state index in [0.29, 0.717) is 13.1 Å². The van der Waals surface area contributed by atoms with Gasteiger partial charge in [0.2, 0.25) is 0 Å². The molecule has 138 valence electrons. The molecule has 0 spiro atoms. The largest absolute Gasteiger partial charge is 0.375 e. The molecule has 0 aliphatic carbocycles. The summed E-state index contributed by atoms with van der Waals surface area (Å²) in [6, 6.07) is 12.1. The zero-order valence-corrected chi connectivity index (χ0v) is 18.2. The number of methoxy groups -OCH3 is 1. The van der Waals surface area contributed by atoms with E-state index in [1.807, 2.05) is 49.1 Å². The Hall–Kier alpha value is -1.25. The maximum atomic E-state index is 6.05. The van der Waals surface area contributed by atoms with Crippen LogP contribution in [-0.2, 0) is 18.3 Å². The molecular formula is C18H26ClIN4O. The number of ether oxygens (including phenoxy) is 1. The first-order valence-corrected chi connectivity index (χ1v) is 8.23. The van der Waals surface area contributed by atoms with Gasteiger partial charge in [-0.3, -0.25) is 4.99 Å². The van der Waals surface area contributed by atoms with E-state index in [9.17, 15) is 0 Å². The summed E-state index contributed by atoms with van der Waals surface area (Å²) >= 11 is 6.05. The third-order valence-electron chi connectivity index (χ3n) is 3.95. The molecule has 0 fully saturated rings. The van der Waals surface area contributed by atoms with Crippen molar-refractivity contribution in [2.75, 3.05) is 27.7 Å². The highest BCUT2D eigenvalue weighted by atomic mass is 127. The molecule has 25 heavy (non-hydrogen) atoms. The van der Waals surface area contributed by atoms with Crippen LogP contribution in [0.2, 0.25) is 5.02 Å². The third kappa shape index (κ3) is 6.20. The highest BCUT2D eigenvalue weighted by Gasteiger charge is 2.14. The first kappa shape index (κ1) is 21.8. The number of guanidine groups is 1. The van der Waals surface area contributed by atoms with E-state index in [-0.39, 0.29) is 30.1 Å². The predicted molar refractivity (Wildman–Crippen MR) is 115 cm³/mol. The normalized spacial score (nSPS) is 12.4.